The van der Waals surface area contributed by atoms with E-state index < -0.39 is 0 Å². The molecule has 0 bridgehead atoms. The van der Waals surface area contributed by atoms with Crippen LogP contribution >= 0.6 is 0 Å². The molecule has 0 atom stereocenters. The fraction of sp³-hybridized carbons (Fsp3) is 0.353. The molecule has 3 rings (SSSR count). The van der Waals surface area contributed by atoms with Gasteiger partial charge in [-0.3, -0.25) is 9.89 Å². The average Bonchev–Trinajstić information content (AvgIpc) is 2.97. The van der Waals surface area contributed by atoms with Gasteiger partial charge in [-0.05, 0) is 30.4 Å². The highest BCUT2D eigenvalue weighted by Gasteiger charge is 2.07. The Morgan fingerprint density at radius 2 is 1.73 bits per heavy atom. The number of aromatic amines is 1. The van der Waals surface area contributed by atoms with Crippen molar-refractivity contribution in [2.75, 3.05) is 0 Å². The SMILES string of the molecule is CCc1ccc(CCc2cc(=O)n3[nH]c(CC)nc3n2)cc1. The number of aromatic nitrogens is 4. The lowest BCUT2D eigenvalue weighted by Crippen LogP contribution is -2.16. The zero-order valence-corrected chi connectivity index (χ0v) is 13.0. The highest BCUT2D eigenvalue weighted by Crippen LogP contribution is 2.08. The van der Waals surface area contributed by atoms with Crippen molar-refractivity contribution < 1.29 is 0 Å². The van der Waals surface area contributed by atoms with E-state index in [4.69, 9.17) is 0 Å². The summed E-state index contributed by atoms with van der Waals surface area (Å²) >= 11 is 0. The quantitative estimate of drug-likeness (QED) is 0.786. The third kappa shape index (κ3) is 2.93. The molecule has 114 valence electrons. The Morgan fingerprint density at radius 1 is 1.00 bits per heavy atom. The predicted octanol–water partition coefficient (Wildman–Crippen LogP) is 2.33. The van der Waals surface area contributed by atoms with Crippen LogP contribution in [0.25, 0.3) is 5.78 Å². The number of benzene rings is 1. The van der Waals surface area contributed by atoms with E-state index in [0.717, 1.165) is 37.2 Å². The highest BCUT2D eigenvalue weighted by molar-refractivity contribution is 5.29. The summed E-state index contributed by atoms with van der Waals surface area (Å²) in [4.78, 5) is 20.9. The Balaban J connectivity index is 1.79. The van der Waals surface area contributed by atoms with Crippen LogP contribution in [0.2, 0.25) is 0 Å². The summed E-state index contributed by atoms with van der Waals surface area (Å²) in [6.07, 6.45) is 3.42. The molecule has 5 heteroatoms. The molecule has 2 aromatic heterocycles. The number of nitrogens with one attached hydrogen (secondary N) is 1. The van der Waals surface area contributed by atoms with Crippen molar-refractivity contribution in [2.24, 2.45) is 0 Å². The van der Waals surface area contributed by atoms with Crippen molar-refractivity contribution in [3.05, 3.63) is 63.3 Å². The largest absolute Gasteiger partial charge is 0.275 e. The fourth-order valence-electron chi connectivity index (χ4n) is 2.47. The van der Waals surface area contributed by atoms with E-state index in [-0.39, 0.29) is 5.56 Å². The van der Waals surface area contributed by atoms with Crippen molar-refractivity contribution in [3.8, 4) is 0 Å². The summed E-state index contributed by atoms with van der Waals surface area (Å²) in [5.41, 5.74) is 3.29. The lowest BCUT2D eigenvalue weighted by Gasteiger charge is -2.03. The van der Waals surface area contributed by atoms with Gasteiger partial charge in [-0.25, -0.2) is 4.98 Å². The molecular weight excluding hydrogens is 276 g/mol. The van der Waals surface area contributed by atoms with Gasteiger partial charge in [-0.1, -0.05) is 38.1 Å². The van der Waals surface area contributed by atoms with Gasteiger partial charge in [0.2, 0.25) is 0 Å². The first-order valence-electron chi connectivity index (χ1n) is 7.75. The summed E-state index contributed by atoms with van der Waals surface area (Å²) < 4.78 is 1.40. The van der Waals surface area contributed by atoms with Crippen molar-refractivity contribution >= 4 is 5.78 Å². The van der Waals surface area contributed by atoms with Gasteiger partial charge >= 0.3 is 0 Å². The molecule has 1 N–H and O–H groups in total. The second-order valence-corrected chi connectivity index (χ2v) is 5.42. The normalized spacial score (nSPS) is 11.2. The fourth-order valence-corrected chi connectivity index (χ4v) is 2.47. The maximum Gasteiger partial charge on any atom is 0.274 e. The van der Waals surface area contributed by atoms with Gasteiger partial charge in [-0.2, -0.15) is 9.50 Å². The van der Waals surface area contributed by atoms with Gasteiger partial charge in [0, 0.05) is 12.5 Å². The molecule has 0 fully saturated rings. The first-order chi connectivity index (χ1) is 10.7. The van der Waals surface area contributed by atoms with Crippen molar-refractivity contribution in [3.63, 3.8) is 0 Å². The molecule has 2 heterocycles. The summed E-state index contributed by atoms with van der Waals surface area (Å²) in [6.45, 7) is 4.14. The first-order valence-corrected chi connectivity index (χ1v) is 7.75. The molecule has 0 amide bonds. The molecule has 0 radical (unpaired) electrons. The lowest BCUT2D eigenvalue weighted by atomic mass is 10.1. The maximum atomic E-state index is 12.1. The van der Waals surface area contributed by atoms with Crippen LogP contribution in [0.3, 0.4) is 0 Å². The van der Waals surface area contributed by atoms with Gasteiger partial charge in [0.15, 0.2) is 0 Å². The minimum atomic E-state index is -0.103. The third-order valence-corrected chi connectivity index (χ3v) is 3.87. The van der Waals surface area contributed by atoms with Gasteiger partial charge in [0.1, 0.15) is 5.82 Å². The van der Waals surface area contributed by atoms with E-state index in [0.29, 0.717) is 5.78 Å². The first kappa shape index (κ1) is 14.5. The summed E-state index contributed by atoms with van der Waals surface area (Å²) in [6, 6.07) is 10.2. The molecular formula is C17H20N4O. The standard InChI is InChI=1S/C17H20N4O/c1-3-12-5-7-13(8-6-12)9-10-14-11-16(22)21-17(18-14)19-15(4-2)20-21/h5-8,11H,3-4,9-10H2,1-2H3,(H,18,19,20). The minimum Gasteiger partial charge on any atom is -0.275 e. The number of hydrogen-bond donors (Lipinski definition) is 1. The number of rotatable bonds is 5. The third-order valence-electron chi connectivity index (χ3n) is 3.87. The van der Waals surface area contributed by atoms with Crippen LogP contribution in [0, 0.1) is 0 Å². The average molecular weight is 296 g/mol. The molecule has 3 aromatic rings. The minimum absolute atomic E-state index is 0.103. The number of aryl methyl sites for hydroxylation is 4. The van der Waals surface area contributed by atoms with Gasteiger partial charge in [0.25, 0.3) is 11.3 Å². The Bertz CT molecular complexity index is 830. The topological polar surface area (TPSA) is 63.0 Å². The molecule has 5 nitrogen and oxygen atoms in total. The van der Waals surface area contributed by atoms with E-state index in [2.05, 4.69) is 46.3 Å². The van der Waals surface area contributed by atoms with Crippen LogP contribution in [0.15, 0.2) is 35.1 Å². The van der Waals surface area contributed by atoms with Crippen LogP contribution in [-0.4, -0.2) is 19.6 Å². The smallest absolute Gasteiger partial charge is 0.274 e. The maximum absolute atomic E-state index is 12.1. The number of fused-ring (bicyclic) bond motifs is 1. The van der Waals surface area contributed by atoms with Gasteiger partial charge in [-0.15, -0.1) is 0 Å². The van der Waals surface area contributed by atoms with Crippen LogP contribution in [0.4, 0.5) is 0 Å². The molecule has 0 saturated carbocycles. The molecule has 0 saturated heterocycles. The second kappa shape index (κ2) is 6.13. The Labute approximate surface area is 129 Å². The summed E-state index contributed by atoms with van der Waals surface area (Å²) in [5.74, 6) is 1.23. The monoisotopic (exact) mass is 296 g/mol. The Kier molecular flexibility index (Phi) is 4.04. The molecule has 0 aliphatic carbocycles. The molecule has 1 aromatic carbocycles. The zero-order chi connectivity index (χ0) is 15.5. The Hall–Kier alpha value is -2.43. The number of hydrogen-bond acceptors (Lipinski definition) is 3. The van der Waals surface area contributed by atoms with Crippen LogP contribution in [0.1, 0.15) is 36.5 Å². The molecule has 22 heavy (non-hydrogen) atoms. The van der Waals surface area contributed by atoms with Gasteiger partial charge in [0.05, 0.1) is 5.69 Å². The molecule has 0 aliphatic heterocycles. The Morgan fingerprint density at radius 3 is 2.41 bits per heavy atom. The predicted molar refractivity (Wildman–Crippen MR) is 86.2 cm³/mol. The molecule has 0 spiro atoms. The summed E-state index contributed by atoms with van der Waals surface area (Å²) in [7, 11) is 0. The lowest BCUT2D eigenvalue weighted by molar-refractivity contribution is 0.831. The number of nitrogens with zero attached hydrogens (tertiary/aromatic N) is 3. The van der Waals surface area contributed by atoms with E-state index in [9.17, 15) is 4.79 Å². The van der Waals surface area contributed by atoms with Crippen molar-refractivity contribution in [1.29, 1.82) is 0 Å². The molecule has 0 aliphatic rings. The molecule has 0 unspecified atom stereocenters. The summed E-state index contributed by atoms with van der Waals surface area (Å²) in [5, 5.41) is 2.96. The van der Waals surface area contributed by atoms with Crippen LogP contribution in [-0.2, 0) is 25.7 Å². The highest BCUT2D eigenvalue weighted by atomic mass is 16.1. The van der Waals surface area contributed by atoms with Crippen LogP contribution < -0.4 is 5.56 Å². The second-order valence-electron chi connectivity index (χ2n) is 5.42. The van der Waals surface area contributed by atoms with E-state index in [1.54, 1.807) is 6.07 Å². The van der Waals surface area contributed by atoms with Crippen LogP contribution in [0.5, 0.6) is 0 Å². The van der Waals surface area contributed by atoms with Gasteiger partial charge < -0.3 is 0 Å². The van der Waals surface area contributed by atoms with Crippen molar-refractivity contribution in [2.45, 2.75) is 39.5 Å². The zero-order valence-electron chi connectivity index (χ0n) is 13.0. The van der Waals surface area contributed by atoms with E-state index in [1.165, 1.54) is 15.6 Å². The van der Waals surface area contributed by atoms with Crippen molar-refractivity contribution in [1.82, 2.24) is 19.6 Å². The van der Waals surface area contributed by atoms with E-state index >= 15 is 0 Å². The number of H-pyrrole nitrogens is 1. The van der Waals surface area contributed by atoms with E-state index in [1.807, 2.05) is 6.92 Å².